The third-order valence-electron chi connectivity index (χ3n) is 5.37. The molecule has 0 bridgehead atoms. The molecular weight excluding hydrogens is 320 g/mol. The van der Waals surface area contributed by atoms with Gasteiger partial charge in [-0.25, -0.2) is 0 Å². The van der Waals surface area contributed by atoms with Gasteiger partial charge in [0, 0.05) is 30.2 Å². The zero-order chi connectivity index (χ0) is 17.9. The Labute approximate surface area is 155 Å². The van der Waals surface area contributed by atoms with Gasteiger partial charge in [-0.2, -0.15) is 5.10 Å². The molecule has 3 aromatic rings. The number of hydrogen-bond acceptors (Lipinski definition) is 3. The van der Waals surface area contributed by atoms with Crippen LogP contribution in [0.4, 0.5) is 5.69 Å². The van der Waals surface area contributed by atoms with Gasteiger partial charge in [-0.3, -0.25) is 10.00 Å². The predicted molar refractivity (Wildman–Crippen MR) is 109 cm³/mol. The van der Waals surface area contributed by atoms with Gasteiger partial charge in [-0.1, -0.05) is 38.1 Å². The lowest BCUT2D eigenvalue weighted by Crippen LogP contribution is -2.41. The van der Waals surface area contributed by atoms with Gasteiger partial charge in [0.15, 0.2) is 0 Å². The summed E-state index contributed by atoms with van der Waals surface area (Å²) >= 11 is 0. The lowest BCUT2D eigenvalue weighted by atomic mass is 10.0. The summed E-state index contributed by atoms with van der Waals surface area (Å²) in [4.78, 5) is 2.57. The third-order valence-corrected chi connectivity index (χ3v) is 5.37. The highest BCUT2D eigenvalue weighted by Crippen LogP contribution is 2.22. The summed E-state index contributed by atoms with van der Waals surface area (Å²) in [6.45, 7) is 7.81. The van der Waals surface area contributed by atoms with E-state index in [0.717, 1.165) is 24.0 Å². The quantitative estimate of drug-likeness (QED) is 0.698. The van der Waals surface area contributed by atoms with E-state index in [2.05, 4.69) is 76.7 Å². The maximum atomic E-state index is 4.10. The minimum atomic E-state index is 0.503. The van der Waals surface area contributed by atoms with Gasteiger partial charge in [-0.15, -0.1) is 0 Å². The van der Waals surface area contributed by atoms with E-state index in [-0.39, 0.29) is 0 Å². The summed E-state index contributed by atoms with van der Waals surface area (Å²) in [5, 5.41) is 12.0. The molecule has 0 spiro atoms. The number of H-pyrrole nitrogens is 1. The summed E-state index contributed by atoms with van der Waals surface area (Å²) in [7, 11) is 0. The van der Waals surface area contributed by atoms with Crippen molar-refractivity contribution in [3.05, 3.63) is 59.8 Å². The normalized spacial score (nSPS) is 18.5. The van der Waals surface area contributed by atoms with Gasteiger partial charge in [0.25, 0.3) is 0 Å². The number of likely N-dealkylation sites (tertiary alicyclic amines) is 1. The molecule has 4 rings (SSSR count). The van der Waals surface area contributed by atoms with Crippen LogP contribution in [0.15, 0.2) is 48.7 Å². The fourth-order valence-corrected chi connectivity index (χ4v) is 3.85. The van der Waals surface area contributed by atoms with Crippen molar-refractivity contribution in [3.8, 4) is 0 Å². The van der Waals surface area contributed by atoms with Gasteiger partial charge in [0.05, 0.1) is 11.7 Å². The molecule has 0 radical (unpaired) electrons. The average molecular weight is 348 g/mol. The van der Waals surface area contributed by atoms with E-state index in [1.54, 1.807) is 0 Å². The number of anilines is 1. The molecule has 1 saturated heterocycles. The molecule has 0 aliphatic carbocycles. The highest BCUT2D eigenvalue weighted by molar-refractivity contribution is 5.81. The highest BCUT2D eigenvalue weighted by atomic mass is 15.2. The minimum Gasteiger partial charge on any atom is -0.381 e. The summed E-state index contributed by atoms with van der Waals surface area (Å²) in [6.07, 6.45) is 4.36. The standard InChI is InChI=1S/C22H28N4/c1-16(2)18-7-5-17(6-8-18)14-26-11-3-4-21(15-26)24-20-9-10-22-19(12-20)13-23-25-22/h5-10,12-13,16,21,24H,3-4,11,14-15H2,1-2H3,(H,23,25). The number of aromatic nitrogens is 2. The van der Waals surface area contributed by atoms with Crippen LogP contribution in [0.1, 0.15) is 43.7 Å². The monoisotopic (exact) mass is 348 g/mol. The Balaban J connectivity index is 1.37. The molecule has 1 atom stereocenters. The fraction of sp³-hybridized carbons (Fsp3) is 0.409. The van der Waals surface area contributed by atoms with E-state index in [1.165, 1.54) is 36.2 Å². The van der Waals surface area contributed by atoms with Crippen LogP contribution >= 0.6 is 0 Å². The first kappa shape index (κ1) is 17.1. The molecule has 26 heavy (non-hydrogen) atoms. The molecule has 4 heteroatoms. The Kier molecular flexibility index (Phi) is 4.93. The molecule has 2 aromatic carbocycles. The molecule has 2 N–H and O–H groups in total. The summed E-state index contributed by atoms with van der Waals surface area (Å²) in [5.41, 5.74) is 5.11. The Morgan fingerprint density at radius 3 is 2.85 bits per heavy atom. The molecule has 136 valence electrons. The Morgan fingerprint density at radius 1 is 1.19 bits per heavy atom. The smallest absolute Gasteiger partial charge is 0.0651 e. The Morgan fingerprint density at radius 2 is 2.04 bits per heavy atom. The van der Waals surface area contributed by atoms with E-state index in [1.807, 2.05) is 6.20 Å². The van der Waals surface area contributed by atoms with Crippen molar-refractivity contribution in [1.29, 1.82) is 0 Å². The van der Waals surface area contributed by atoms with E-state index in [0.29, 0.717) is 12.0 Å². The number of aromatic amines is 1. The minimum absolute atomic E-state index is 0.503. The zero-order valence-electron chi connectivity index (χ0n) is 15.7. The van der Waals surface area contributed by atoms with Crippen molar-refractivity contribution >= 4 is 16.6 Å². The van der Waals surface area contributed by atoms with Crippen LogP contribution in [-0.2, 0) is 6.54 Å². The SMILES string of the molecule is CC(C)c1ccc(CN2CCCC(Nc3ccc4[nH]ncc4c3)C2)cc1. The van der Waals surface area contributed by atoms with Gasteiger partial charge in [0.2, 0.25) is 0 Å². The van der Waals surface area contributed by atoms with Crippen LogP contribution in [-0.4, -0.2) is 34.2 Å². The van der Waals surface area contributed by atoms with Crippen LogP contribution in [0, 0.1) is 0 Å². The van der Waals surface area contributed by atoms with Crippen molar-refractivity contribution in [2.24, 2.45) is 0 Å². The summed E-state index contributed by atoms with van der Waals surface area (Å²) in [5.74, 6) is 0.597. The van der Waals surface area contributed by atoms with Crippen LogP contribution in [0.5, 0.6) is 0 Å². The maximum absolute atomic E-state index is 4.10. The first-order valence-corrected chi connectivity index (χ1v) is 9.68. The van der Waals surface area contributed by atoms with Crippen molar-refractivity contribution in [2.75, 3.05) is 18.4 Å². The van der Waals surface area contributed by atoms with Crippen LogP contribution in [0.3, 0.4) is 0 Å². The average Bonchev–Trinajstić information content (AvgIpc) is 3.10. The molecule has 1 unspecified atom stereocenters. The molecule has 0 amide bonds. The topological polar surface area (TPSA) is 44.0 Å². The number of nitrogens with one attached hydrogen (secondary N) is 2. The predicted octanol–water partition coefficient (Wildman–Crippen LogP) is 4.76. The highest BCUT2D eigenvalue weighted by Gasteiger charge is 2.20. The molecule has 1 aliphatic heterocycles. The first-order valence-electron chi connectivity index (χ1n) is 9.68. The molecular formula is C22H28N4. The van der Waals surface area contributed by atoms with Crippen LogP contribution < -0.4 is 5.32 Å². The van der Waals surface area contributed by atoms with Crippen LogP contribution in [0.25, 0.3) is 10.9 Å². The largest absolute Gasteiger partial charge is 0.381 e. The Hall–Kier alpha value is -2.33. The fourth-order valence-electron chi connectivity index (χ4n) is 3.85. The number of hydrogen-bond donors (Lipinski definition) is 2. The second-order valence-corrected chi connectivity index (χ2v) is 7.79. The molecule has 2 heterocycles. The molecule has 4 nitrogen and oxygen atoms in total. The number of piperidine rings is 1. The number of benzene rings is 2. The van der Waals surface area contributed by atoms with Gasteiger partial charge in [0.1, 0.15) is 0 Å². The lowest BCUT2D eigenvalue weighted by Gasteiger charge is -2.33. The Bertz CT molecular complexity index is 850. The van der Waals surface area contributed by atoms with E-state index >= 15 is 0 Å². The second-order valence-electron chi connectivity index (χ2n) is 7.79. The molecule has 1 aliphatic rings. The van der Waals surface area contributed by atoms with Gasteiger partial charge >= 0.3 is 0 Å². The lowest BCUT2D eigenvalue weighted by molar-refractivity contribution is 0.208. The van der Waals surface area contributed by atoms with Gasteiger partial charge in [-0.05, 0) is 54.6 Å². The summed E-state index contributed by atoms with van der Waals surface area (Å²) in [6, 6.07) is 16.1. The second kappa shape index (κ2) is 7.50. The summed E-state index contributed by atoms with van der Waals surface area (Å²) < 4.78 is 0. The van der Waals surface area contributed by atoms with Gasteiger partial charge < -0.3 is 5.32 Å². The molecule has 0 saturated carbocycles. The van der Waals surface area contributed by atoms with E-state index in [4.69, 9.17) is 0 Å². The van der Waals surface area contributed by atoms with Crippen molar-refractivity contribution in [2.45, 2.75) is 45.2 Å². The van der Waals surface area contributed by atoms with Crippen molar-refractivity contribution < 1.29 is 0 Å². The zero-order valence-corrected chi connectivity index (χ0v) is 15.7. The first-order chi connectivity index (χ1) is 12.7. The molecule has 1 aromatic heterocycles. The number of rotatable bonds is 5. The number of fused-ring (bicyclic) bond motifs is 1. The van der Waals surface area contributed by atoms with Crippen LogP contribution in [0.2, 0.25) is 0 Å². The van der Waals surface area contributed by atoms with Crippen molar-refractivity contribution in [3.63, 3.8) is 0 Å². The van der Waals surface area contributed by atoms with E-state index in [9.17, 15) is 0 Å². The van der Waals surface area contributed by atoms with Crippen molar-refractivity contribution in [1.82, 2.24) is 15.1 Å². The molecule has 1 fully saturated rings. The maximum Gasteiger partial charge on any atom is 0.0651 e. The van der Waals surface area contributed by atoms with E-state index < -0.39 is 0 Å². The number of nitrogens with zero attached hydrogens (tertiary/aromatic N) is 2. The third kappa shape index (κ3) is 3.91.